The number of ether oxygens (including phenoxy) is 1. The third kappa shape index (κ3) is 4.01. The zero-order valence-electron chi connectivity index (χ0n) is 14.9. The van der Waals surface area contributed by atoms with Crippen LogP contribution < -0.4 is 4.74 Å². The van der Waals surface area contributed by atoms with E-state index in [1.54, 1.807) is 7.11 Å². The van der Waals surface area contributed by atoms with Crippen LogP contribution in [0.4, 0.5) is 0 Å². The first-order chi connectivity index (χ1) is 12.2. The zero-order valence-corrected chi connectivity index (χ0v) is 18.9. The predicted molar refractivity (Wildman–Crippen MR) is 116 cm³/mol. The Hall–Kier alpha value is -0.490. The van der Waals surface area contributed by atoms with Crippen LogP contribution in [0.25, 0.3) is 11.3 Å². The van der Waals surface area contributed by atoms with Crippen molar-refractivity contribution in [1.29, 1.82) is 0 Å². The molecule has 2 aliphatic rings. The van der Waals surface area contributed by atoms with Crippen LogP contribution in [-0.4, -0.2) is 29.1 Å². The fourth-order valence-electron chi connectivity index (χ4n) is 4.54. The minimum Gasteiger partial charge on any atom is -0.495 e. The van der Waals surface area contributed by atoms with Crippen molar-refractivity contribution >= 4 is 44.3 Å². The number of nitrogens with one attached hydrogen (secondary N) is 1. The average Bonchev–Trinajstić information content (AvgIpc) is 3.02. The van der Waals surface area contributed by atoms with E-state index in [1.807, 2.05) is 6.07 Å². The van der Waals surface area contributed by atoms with E-state index in [-0.39, 0.29) is 12.4 Å². The number of rotatable bonds is 4. The molecule has 0 atom stereocenters. The summed E-state index contributed by atoms with van der Waals surface area (Å²) in [6, 6.07) is 10.1. The predicted octanol–water partition coefficient (Wildman–Crippen LogP) is 6.54. The molecule has 0 spiro atoms. The van der Waals surface area contributed by atoms with Crippen molar-refractivity contribution in [3.8, 4) is 17.0 Å². The quantitative estimate of drug-likeness (QED) is 0.512. The lowest BCUT2D eigenvalue weighted by Gasteiger charge is -2.46. The average molecular weight is 505 g/mol. The van der Waals surface area contributed by atoms with E-state index in [4.69, 9.17) is 4.74 Å². The molecule has 0 amide bonds. The smallest absolute Gasteiger partial charge is 0.142 e. The highest BCUT2D eigenvalue weighted by Gasteiger charge is 2.33. The minimum atomic E-state index is 0. The topological polar surface area (TPSA) is 28.3 Å². The Morgan fingerprint density at radius 3 is 2.35 bits per heavy atom. The first-order valence-corrected chi connectivity index (χ1v) is 10.7. The Bertz CT molecular complexity index is 742. The molecule has 2 fully saturated rings. The highest BCUT2D eigenvalue weighted by atomic mass is 79.9. The standard InChI is InChI=1S/C20H24Br2N2O.ClH/c1-25-20-17(10-13(21)11-18(20)22)19-9-8-14(23-19)12-24-15-4-2-5-16(24)7-3-6-15;/h8-11,15-16,23H,2-7,12H2,1H3;1H. The Labute approximate surface area is 178 Å². The van der Waals surface area contributed by atoms with E-state index in [9.17, 15) is 0 Å². The number of hydrogen-bond acceptors (Lipinski definition) is 2. The fourth-order valence-corrected chi connectivity index (χ4v) is 5.93. The molecular weight excluding hydrogens is 479 g/mol. The summed E-state index contributed by atoms with van der Waals surface area (Å²) < 4.78 is 7.61. The number of halogens is 3. The second-order valence-electron chi connectivity index (χ2n) is 7.21. The lowest BCUT2D eigenvalue weighted by molar-refractivity contribution is 0.0323. The lowest BCUT2D eigenvalue weighted by atomic mass is 9.84. The van der Waals surface area contributed by atoms with E-state index in [2.05, 4.69) is 59.9 Å². The minimum absolute atomic E-state index is 0. The Morgan fingerprint density at radius 2 is 1.73 bits per heavy atom. The fraction of sp³-hybridized carbons (Fsp3) is 0.500. The second kappa shape index (κ2) is 8.68. The SMILES string of the molecule is COc1c(Br)cc(Br)cc1-c1ccc(CN2C3CCCC2CCC3)[nH]1.Cl. The summed E-state index contributed by atoms with van der Waals surface area (Å²) in [6.07, 6.45) is 8.30. The molecule has 2 bridgehead atoms. The van der Waals surface area contributed by atoms with Gasteiger partial charge in [-0.05, 0) is 65.9 Å². The van der Waals surface area contributed by atoms with Crippen LogP contribution in [0.1, 0.15) is 44.2 Å². The highest BCUT2D eigenvalue weighted by molar-refractivity contribution is 9.11. The molecular formula is C20H25Br2ClN2O. The van der Waals surface area contributed by atoms with Crippen molar-refractivity contribution in [3.63, 3.8) is 0 Å². The molecule has 0 aliphatic carbocycles. The molecule has 3 nitrogen and oxygen atoms in total. The number of benzene rings is 1. The Balaban J connectivity index is 0.00000196. The van der Waals surface area contributed by atoms with Crippen molar-refractivity contribution in [3.05, 3.63) is 38.9 Å². The summed E-state index contributed by atoms with van der Waals surface area (Å²) >= 11 is 7.18. The molecule has 2 saturated heterocycles. The monoisotopic (exact) mass is 502 g/mol. The number of piperidine rings is 2. The molecule has 142 valence electrons. The summed E-state index contributed by atoms with van der Waals surface area (Å²) in [7, 11) is 1.72. The van der Waals surface area contributed by atoms with Gasteiger partial charge in [-0.25, -0.2) is 0 Å². The Kier molecular flexibility index (Phi) is 6.76. The summed E-state index contributed by atoms with van der Waals surface area (Å²) in [4.78, 5) is 6.38. The number of H-pyrrole nitrogens is 1. The molecule has 4 rings (SSSR count). The van der Waals surface area contributed by atoms with Crippen LogP contribution in [0, 0.1) is 0 Å². The molecule has 1 N–H and O–H groups in total. The van der Waals surface area contributed by atoms with Gasteiger partial charge < -0.3 is 9.72 Å². The summed E-state index contributed by atoms with van der Waals surface area (Å²) in [5, 5.41) is 0. The van der Waals surface area contributed by atoms with Gasteiger partial charge in [0, 0.05) is 40.1 Å². The van der Waals surface area contributed by atoms with Crippen molar-refractivity contribution in [1.82, 2.24) is 9.88 Å². The van der Waals surface area contributed by atoms with Gasteiger partial charge in [-0.2, -0.15) is 0 Å². The van der Waals surface area contributed by atoms with Gasteiger partial charge in [0.2, 0.25) is 0 Å². The van der Waals surface area contributed by atoms with Crippen LogP contribution >= 0.6 is 44.3 Å². The molecule has 0 radical (unpaired) electrons. The summed E-state index contributed by atoms with van der Waals surface area (Å²) in [5.74, 6) is 0.867. The van der Waals surface area contributed by atoms with E-state index < -0.39 is 0 Å². The maximum absolute atomic E-state index is 5.61. The van der Waals surface area contributed by atoms with Gasteiger partial charge in [0.25, 0.3) is 0 Å². The molecule has 6 heteroatoms. The second-order valence-corrected chi connectivity index (χ2v) is 8.98. The summed E-state index contributed by atoms with van der Waals surface area (Å²) in [6.45, 7) is 1.03. The number of fused-ring (bicyclic) bond motifs is 2. The van der Waals surface area contributed by atoms with Crippen LogP contribution in [0.15, 0.2) is 33.2 Å². The van der Waals surface area contributed by atoms with Crippen LogP contribution in [0.3, 0.4) is 0 Å². The van der Waals surface area contributed by atoms with Gasteiger partial charge in [-0.1, -0.05) is 28.8 Å². The van der Waals surface area contributed by atoms with Gasteiger partial charge in [-0.3, -0.25) is 4.90 Å². The number of aromatic nitrogens is 1. The first-order valence-electron chi connectivity index (χ1n) is 9.12. The van der Waals surface area contributed by atoms with Crippen LogP contribution in [0.5, 0.6) is 5.75 Å². The van der Waals surface area contributed by atoms with Gasteiger partial charge >= 0.3 is 0 Å². The lowest BCUT2D eigenvalue weighted by Crippen LogP contribution is -2.48. The molecule has 2 aromatic rings. The molecule has 3 heterocycles. The van der Waals surface area contributed by atoms with E-state index >= 15 is 0 Å². The maximum Gasteiger partial charge on any atom is 0.142 e. The molecule has 26 heavy (non-hydrogen) atoms. The third-order valence-electron chi connectivity index (χ3n) is 5.69. The van der Waals surface area contributed by atoms with Crippen molar-refractivity contribution in [2.24, 2.45) is 0 Å². The number of aromatic amines is 1. The molecule has 2 aliphatic heterocycles. The molecule has 1 aromatic carbocycles. The van der Waals surface area contributed by atoms with Gasteiger partial charge in [0.15, 0.2) is 0 Å². The van der Waals surface area contributed by atoms with Crippen molar-refractivity contribution in [2.45, 2.75) is 57.2 Å². The number of hydrogen-bond donors (Lipinski definition) is 1. The van der Waals surface area contributed by atoms with E-state index in [0.29, 0.717) is 0 Å². The van der Waals surface area contributed by atoms with Gasteiger partial charge in [0.1, 0.15) is 5.75 Å². The van der Waals surface area contributed by atoms with Gasteiger partial charge in [0.05, 0.1) is 11.6 Å². The number of methoxy groups -OCH3 is 1. The first kappa shape index (κ1) is 20.2. The van der Waals surface area contributed by atoms with E-state index in [0.717, 1.165) is 44.6 Å². The van der Waals surface area contributed by atoms with Gasteiger partial charge in [-0.15, -0.1) is 12.4 Å². The van der Waals surface area contributed by atoms with Crippen molar-refractivity contribution in [2.75, 3.05) is 7.11 Å². The summed E-state index contributed by atoms with van der Waals surface area (Å²) in [5.41, 5.74) is 3.48. The maximum atomic E-state index is 5.61. The zero-order chi connectivity index (χ0) is 17.4. The molecule has 0 unspecified atom stereocenters. The number of nitrogens with zero attached hydrogens (tertiary/aromatic N) is 1. The van der Waals surface area contributed by atoms with E-state index in [1.165, 1.54) is 44.2 Å². The Morgan fingerprint density at radius 1 is 1.08 bits per heavy atom. The van der Waals surface area contributed by atoms with Crippen LogP contribution in [-0.2, 0) is 6.54 Å². The largest absolute Gasteiger partial charge is 0.495 e. The van der Waals surface area contributed by atoms with Crippen LogP contribution in [0.2, 0.25) is 0 Å². The normalized spacial score (nSPS) is 22.7. The highest BCUT2D eigenvalue weighted by Crippen LogP contribution is 2.39. The third-order valence-corrected chi connectivity index (χ3v) is 6.74. The molecule has 0 saturated carbocycles. The van der Waals surface area contributed by atoms with Crippen molar-refractivity contribution < 1.29 is 4.74 Å². The molecule has 1 aromatic heterocycles.